The van der Waals surface area contributed by atoms with Crippen LogP contribution in [0.25, 0.3) is 0 Å². The second-order valence-electron chi connectivity index (χ2n) is 6.19. The second-order valence-corrected chi connectivity index (χ2v) is 8.20. The molecule has 2 rings (SSSR count). The Hall–Kier alpha value is -1.96. The Bertz CT molecular complexity index is 689. The van der Waals surface area contributed by atoms with Crippen LogP contribution in [0.15, 0.2) is 18.2 Å². The van der Waals surface area contributed by atoms with E-state index in [9.17, 15) is 13.2 Å². The van der Waals surface area contributed by atoms with Crippen molar-refractivity contribution in [3.05, 3.63) is 18.2 Å². The van der Waals surface area contributed by atoms with Gasteiger partial charge in [-0.05, 0) is 37.0 Å². The molecule has 0 unspecified atom stereocenters. The number of benzene rings is 1. The number of carbonyl (C=O) groups is 1. The summed E-state index contributed by atoms with van der Waals surface area (Å²) in [6.07, 6.45) is 1.48. The van der Waals surface area contributed by atoms with Gasteiger partial charge in [-0.1, -0.05) is 13.8 Å². The zero-order chi connectivity index (χ0) is 17.7. The van der Waals surface area contributed by atoms with Crippen LogP contribution in [0.2, 0.25) is 0 Å². The predicted molar refractivity (Wildman–Crippen MR) is 95.2 cm³/mol. The molecule has 1 aliphatic heterocycles. The van der Waals surface area contributed by atoms with Crippen LogP contribution in [0.3, 0.4) is 0 Å². The molecule has 0 radical (unpaired) electrons. The maximum Gasteiger partial charge on any atom is 0.319 e. The molecule has 7 nitrogen and oxygen atoms in total. The summed E-state index contributed by atoms with van der Waals surface area (Å²) < 4.78 is 30.9. The summed E-state index contributed by atoms with van der Waals surface area (Å²) in [7, 11) is -1.82. The standard InChI is InChI=1S/C16H25N3O4S/c1-12(2)7-8-17-16(20)18-13-5-6-15(23-3)14(11-13)19-9-4-10-24(19,21)22/h5-6,11-12H,4,7-10H2,1-3H3,(H2,17,18,20). The van der Waals surface area contributed by atoms with E-state index in [1.54, 1.807) is 18.2 Å². The van der Waals surface area contributed by atoms with Crippen LogP contribution < -0.4 is 19.7 Å². The van der Waals surface area contributed by atoms with E-state index in [0.29, 0.717) is 42.6 Å². The summed E-state index contributed by atoms with van der Waals surface area (Å²) in [5, 5.41) is 5.51. The first-order valence-electron chi connectivity index (χ1n) is 8.07. The van der Waals surface area contributed by atoms with Crippen molar-refractivity contribution >= 4 is 27.4 Å². The smallest absolute Gasteiger partial charge is 0.319 e. The van der Waals surface area contributed by atoms with E-state index in [4.69, 9.17) is 4.74 Å². The van der Waals surface area contributed by atoms with Crippen LogP contribution in [0.5, 0.6) is 5.75 Å². The zero-order valence-electron chi connectivity index (χ0n) is 14.3. The molecule has 134 valence electrons. The summed E-state index contributed by atoms with van der Waals surface area (Å²) in [5.41, 5.74) is 0.977. The minimum Gasteiger partial charge on any atom is -0.495 e. The van der Waals surface area contributed by atoms with Gasteiger partial charge in [0, 0.05) is 18.8 Å². The molecule has 1 aromatic carbocycles. The fourth-order valence-corrected chi connectivity index (χ4v) is 4.09. The Kier molecular flexibility index (Phi) is 5.93. The third-order valence-corrected chi connectivity index (χ3v) is 5.67. The largest absolute Gasteiger partial charge is 0.495 e. The summed E-state index contributed by atoms with van der Waals surface area (Å²) in [5.74, 6) is 1.10. The van der Waals surface area contributed by atoms with Gasteiger partial charge in [0.15, 0.2) is 0 Å². The Labute approximate surface area is 143 Å². The highest BCUT2D eigenvalue weighted by Gasteiger charge is 2.30. The number of nitrogens with one attached hydrogen (secondary N) is 2. The fraction of sp³-hybridized carbons (Fsp3) is 0.562. The first kappa shape index (κ1) is 18.4. The zero-order valence-corrected chi connectivity index (χ0v) is 15.1. The molecule has 2 N–H and O–H groups in total. The van der Waals surface area contributed by atoms with Crippen LogP contribution in [-0.4, -0.2) is 40.4 Å². The molecule has 24 heavy (non-hydrogen) atoms. The molecule has 1 heterocycles. The van der Waals surface area contributed by atoms with Gasteiger partial charge in [0.2, 0.25) is 10.0 Å². The van der Waals surface area contributed by atoms with E-state index in [0.717, 1.165) is 6.42 Å². The molecule has 0 aromatic heterocycles. The number of hydrogen-bond acceptors (Lipinski definition) is 4. The minimum absolute atomic E-state index is 0.128. The lowest BCUT2D eigenvalue weighted by atomic mass is 10.1. The van der Waals surface area contributed by atoms with Crippen molar-refractivity contribution in [3.8, 4) is 5.75 Å². The number of amides is 2. The Morgan fingerprint density at radius 3 is 2.71 bits per heavy atom. The van der Waals surface area contributed by atoms with E-state index in [2.05, 4.69) is 24.5 Å². The van der Waals surface area contributed by atoms with Gasteiger partial charge in [0.05, 0.1) is 18.6 Å². The molecule has 1 saturated heterocycles. The highest BCUT2D eigenvalue weighted by atomic mass is 32.2. The van der Waals surface area contributed by atoms with E-state index in [-0.39, 0.29) is 11.8 Å². The van der Waals surface area contributed by atoms with Gasteiger partial charge < -0.3 is 15.4 Å². The van der Waals surface area contributed by atoms with Gasteiger partial charge in [-0.25, -0.2) is 13.2 Å². The summed E-state index contributed by atoms with van der Waals surface area (Å²) in [4.78, 5) is 11.9. The Morgan fingerprint density at radius 2 is 2.12 bits per heavy atom. The lowest BCUT2D eigenvalue weighted by molar-refractivity contribution is 0.251. The number of methoxy groups -OCH3 is 1. The van der Waals surface area contributed by atoms with Crippen molar-refractivity contribution in [3.63, 3.8) is 0 Å². The molecule has 1 fully saturated rings. The fourth-order valence-electron chi connectivity index (χ4n) is 2.52. The summed E-state index contributed by atoms with van der Waals surface area (Å²) in [6, 6.07) is 4.67. The van der Waals surface area contributed by atoms with Crippen LogP contribution in [-0.2, 0) is 10.0 Å². The van der Waals surface area contributed by atoms with Gasteiger partial charge in [0.1, 0.15) is 5.75 Å². The molecule has 0 saturated carbocycles. The third kappa shape index (κ3) is 4.53. The van der Waals surface area contributed by atoms with E-state index in [1.807, 2.05) is 0 Å². The number of carbonyl (C=O) groups excluding carboxylic acids is 1. The van der Waals surface area contributed by atoms with Crippen molar-refractivity contribution in [2.24, 2.45) is 5.92 Å². The number of nitrogens with zero attached hydrogens (tertiary/aromatic N) is 1. The predicted octanol–water partition coefficient (Wildman–Crippen LogP) is 2.40. The monoisotopic (exact) mass is 355 g/mol. The Balaban J connectivity index is 2.12. The molecule has 1 aromatic rings. The van der Waals surface area contributed by atoms with Crippen LogP contribution in [0, 0.1) is 5.92 Å². The quantitative estimate of drug-likeness (QED) is 0.820. The first-order chi connectivity index (χ1) is 11.3. The lowest BCUT2D eigenvalue weighted by Gasteiger charge is -2.20. The van der Waals surface area contributed by atoms with Gasteiger partial charge in [-0.15, -0.1) is 0 Å². The average Bonchev–Trinajstić information content (AvgIpc) is 2.86. The molecule has 0 aliphatic carbocycles. The maximum absolute atomic E-state index is 12.1. The van der Waals surface area contributed by atoms with Gasteiger partial charge in [-0.3, -0.25) is 4.31 Å². The van der Waals surface area contributed by atoms with E-state index >= 15 is 0 Å². The molecule has 8 heteroatoms. The third-order valence-electron chi connectivity index (χ3n) is 3.81. The van der Waals surface area contributed by atoms with Gasteiger partial charge in [0.25, 0.3) is 0 Å². The van der Waals surface area contributed by atoms with E-state index < -0.39 is 10.0 Å². The Morgan fingerprint density at radius 1 is 1.38 bits per heavy atom. The number of ether oxygens (including phenoxy) is 1. The van der Waals surface area contributed by atoms with Crippen molar-refractivity contribution in [1.82, 2.24) is 5.32 Å². The van der Waals surface area contributed by atoms with Crippen LogP contribution >= 0.6 is 0 Å². The van der Waals surface area contributed by atoms with Crippen molar-refractivity contribution in [1.29, 1.82) is 0 Å². The van der Waals surface area contributed by atoms with Gasteiger partial charge >= 0.3 is 6.03 Å². The maximum atomic E-state index is 12.1. The van der Waals surface area contributed by atoms with Crippen molar-refractivity contribution in [2.75, 3.05) is 35.6 Å². The summed E-state index contributed by atoms with van der Waals surface area (Å²) >= 11 is 0. The highest BCUT2D eigenvalue weighted by Crippen LogP contribution is 2.35. The molecular weight excluding hydrogens is 330 g/mol. The molecule has 0 bridgehead atoms. The topological polar surface area (TPSA) is 87.7 Å². The van der Waals surface area contributed by atoms with E-state index in [1.165, 1.54) is 11.4 Å². The number of hydrogen-bond donors (Lipinski definition) is 2. The lowest BCUT2D eigenvalue weighted by Crippen LogP contribution is -2.30. The molecule has 1 aliphatic rings. The molecule has 0 spiro atoms. The number of rotatable bonds is 6. The van der Waals surface area contributed by atoms with Crippen LogP contribution in [0.1, 0.15) is 26.7 Å². The molecular formula is C16H25N3O4S. The SMILES string of the molecule is COc1ccc(NC(=O)NCCC(C)C)cc1N1CCCS1(=O)=O. The van der Waals surface area contributed by atoms with Crippen molar-refractivity contribution in [2.45, 2.75) is 26.7 Å². The molecule has 0 atom stereocenters. The molecule has 2 amide bonds. The number of urea groups is 1. The highest BCUT2D eigenvalue weighted by molar-refractivity contribution is 7.93. The minimum atomic E-state index is -3.32. The number of sulfonamides is 1. The normalized spacial score (nSPS) is 16.2. The first-order valence-corrected chi connectivity index (χ1v) is 9.67. The van der Waals surface area contributed by atoms with Gasteiger partial charge in [-0.2, -0.15) is 0 Å². The summed E-state index contributed by atoms with van der Waals surface area (Å²) in [6.45, 7) is 5.19. The van der Waals surface area contributed by atoms with Crippen molar-refractivity contribution < 1.29 is 17.9 Å². The van der Waals surface area contributed by atoms with Crippen LogP contribution in [0.4, 0.5) is 16.2 Å². The second kappa shape index (κ2) is 7.74. The number of anilines is 2. The average molecular weight is 355 g/mol.